The lowest BCUT2D eigenvalue weighted by molar-refractivity contribution is -0.149. The van der Waals surface area contributed by atoms with Crippen LogP contribution in [0.25, 0.3) is 0 Å². The van der Waals surface area contributed by atoms with Gasteiger partial charge in [-0.15, -0.1) is 0 Å². The van der Waals surface area contributed by atoms with Crippen molar-refractivity contribution in [3.63, 3.8) is 0 Å². The monoisotopic (exact) mass is 275 g/mol. The van der Waals surface area contributed by atoms with Crippen LogP contribution in [0.1, 0.15) is 0 Å². The molecule has 0 aromatic heterocycles. The summed E-state index contributed by atoms with van der Waals surface area (Å²) in [5.74, 6) is -0.166. The molecule has 0 unspecified atom stereocenters. The molecule has 2 aliphatic rings. The van der Waals surface area contributed by atoms with E-state index < -0.39 is 12.1 Å². The molecule has 3 rings (SSSR count). The van der Waals surface area contributed by atoms with Gasteiger partial charge in [-0.3, -0.25) is 14.5 Å². The molecule has 0 amide bonds. The number of carbonyl (C=O) groups excluding carboxylic acids is 2. The van der Waals surface area contributed by atoms with E-state index in [1.54, 1.807) is 12.1 Å². The first kappa shape index (κ1) is 13.1. The van der Waals surface area contributed by atoms with E-state index >= 15 is 0 Å². The van der Waals surface area contributed by atoms with Gasteiger partial charge in [0.05, 0.1) is 24.6 Å². The van der Waals surface area contributed by atoms with Crippen molar-refractivity contribution in [2.45, 2.75) is 12.1 Å². The zero-order chi connectivity index (χ0) is 14.1. The van der Waals surface area contributed by atoms with Gasteiger partial charge in [-0.2, -0.15) is 0 Å². The van der Waals surface area contributed by atoms with Crippen molar-refractivity contribution < 1.29 is 14.3 Å². The molecule has 1 aromatic carbocycles. The van der Waals surface area contributed by atoms with Crippen LogP contribution in [-0.4, -0.2) is 54.9 Å². The molecule has 0 radical (unpaired) electrons. The quantitative estimate of drug-likeness (QED) is 0.592. The van der Waals surface area contributed by atoms with Crippen LogP contribution < -0.4 is 11.1 Å². The van der Waals surface area contributed by atoms with Crippen LogP contribution in [0.5, 0.6) is 0 Å². The van der Waals surface area contributed by atoms with Gasteiger partial charge >= 0.3 is 0 Å². The van der Waals surface area contributed by atoms with Gasteiger partial charge < -0.3 is 15.8 Å². The van der Waals surface area contributed by atoms with Gasteiger partial charge in [0, 0.05) is 13.1 Å². The molecule has 1 aliphatic heterocycles. The number of nitrogens with two attached hydrogens (primary N) is 1. The predicted molar refractivity (Wildman–Crippen MR) is 74.5 cm³/mol. The second-order valence-electron chi connectivity index (χ2n) is 5.02. The summed E-state index contributed by atoms with van der Waals surface area (Å²) >= 11 is 0. The molecular weight excluding hydrogens is 258 g/mol. The second kappa shape index (κ2) is 5.22. The smallest absolute Gasteiger partial charge is 0.187 e. The van der Waals surface area contributed by atoms with Crippen LogP contribution in [0.2, 0.25) is 0 Å². The first-order valence-electron chi connectivity index (χ1n) is 6.69. The Kier molecular flexibility index (Phi) is 3.42. The van der Waals surface area contributed by atoms with Crippen LogP contribution in [0.3, 0.4) is 0 Å². The van der Waals surface area contributed by atoms with Gasteiger partial charge in [-0.1, -0.05) is 12.1 Å². The Balaban J connectivity index is 1.67. The third-order valence-electron chi connectivity index (χ3n) is 3.78. The molecular formula is C14H17N3O3. The molecule has 1 heterocycles. The molecule has 0 bridgehead atoms. The Morgan fingerprint density at radius 2 is 1.80 bits per heavy atom. The minimum Gasteiger partial charge on any atom is -0.397 e. The fraction of sp³-hybridized carbons (Fsp3) is 0.429. The lowest BCUT2D eigenvalue weighted by atomic mass is 9.81. The maximum Gasteiger partial charge on any atom is 0.187 e. The number of hydrogen-bond donors (Lipinski definition) is 2. The van der Waals surface area contributed by atoms with Crippen LogP contribution in [-0.2, 0) is 14.3 Å². The van der Waals surface area contributed by atoms with E-state index in [2.05, 4.69) is 5.32 Å². The highest BCUT2D eigenvalue weighted by Crippen LogP contribution is 2.25. The van der Waals surface area contributed by atoms with E-state index in [4.69, 9.17) is 10.5 Å². The number of nitrogen functional groups attached to an aromatic ring is 1. The van der Waals surface area contributed by atoms with Crippen molar-refractivity contribution in [1.29, 1.82) is 0 Å². The molecule has 106 valence electrons. The lowest BCUT2D eigenvalue weighted by Gasteiger charge is -2.41. The van der Waals surface area contributed by atoms with Gasteiger partial charge in [-0.25, -0.2) is 0 Å². The van der Waals surface area contributed by atoms with E-state index in [-0.39, 0.29) is 11.6 Å². The minimum absolute atomic E-state index is 0.0832. The van der Waals surface area contributed by atoms with Gasteiger partial charge in [0.15, 0.2) is 11.6 Å². The second-order valence-corrected chi connectivity index (χ2v) is 5.02. The largest absolute Gasteiger partial charge is 0.397 e. The number of ketones is 2. The van der Waals surface area contributed by atoms with Crippen LogP contribution in [0, 0.1) is 0 Å². The first-order valence-corrected chi connectivity index (χ1v) is 6.69. The van der Waals surface area contributed by atoms with Gasteiger partial charge in [-0.05, 0) is 12.1 Å². The zero-order valence-electron chi connectivity index (χ0n) is 11.0. The van der Waals surface area contributed by atoms with Crippen molar-refractivity contribution in [1.82, 2.24) is 4.90 Å². The van der Waals surface area contributed by atoms with Crippen LogP contribution in [0.4, 0.5) is 11.4 Å². The van der Waals surface area contributed by atoms with Crippen molar-refractivity contribution >= 4 is 22.9 Å². The number of hydrogen-bond acceptors (Lipinski definition) is 6. The topological polar surface area (TPSA) is 84.7 Å². The van der Waals surface area contributed by atoms with Crippen molar-refractivity contribution in [2.24, 2.45) is 0 Å². The summed E-state index contributed by atoms with van der Waals surface area (Å²) in [5, 5.41) is 2.93. The summed E-state index contributed by atoms with van der Waals surface area (Å²) < 4.78 is 5.23. The number of para-hydroxylation sites is 2. The Morgan fingerprint density at radius 1 is 1.15 bits per heavy atom. The van der Waals surface area contributed by atoms with Gasteiger partial charge in [0.25, 0.3) is 0 Å². The number of rotatable bonds is 3. The Morgan fingerprint density at radius 3 is 2.45 bits per heavy atom. The number of morpholine rings is 1. The fourth-order valence-electron chi connectivity index (χ4n) is 2.62. The molecule has 6 nitrogen and oxygen atoms in total. The molecule has 0 atom stereocenters. The van der Waals surface area contributed by atoms with Crippen LogP contribution >= 0.6 is 0 Å². The molecule has 1 aromatic rings. The van der Waals surface area contributed by atoms with E-state index in [1.807, 2.05) is 17.0 Å². The first-order chi connectivity index (χ1) is 9.68. The number of anilines is 2. The lowest BCUT2D eigenvalue weighted by Crippen LogP contribution is -2.68. The number of nitrogens with one attached hydrogen (secondary N) is 1. The molecule has 6 heteroatoms. The average molecular weight is 275 g/mol. The highest BCUT2D eigenvalue weighted by Gasteiger charge is 2.52. The Labute approximate surface area is 116 Å². The molecule has 2 fully saturated rings. The summed E-state index contributed by atoms with van der Waals surface area (Å²) in [5.41, 5.74) is 6.96. The average Bonchev–Trinajstić information content (AvgIpc) is 2.48. The summed E-state index contributed by atoms with van der Waals surface area (Å²) in [6.07, 6.45) is 0. The van der Waals surface area contributed by atoms with Crippen LogP contribution in [0.15, 0.2) is 24.3 Å². The molecule has 3 N–H and O–H groups in total. The van der Waals surface area contributed by atoms with Crippen molar-refractivity contribution in [2.75, 3.05) is 37.4 Å². The molecule has 1 aliphatic carbocycles. The number of benzene rings is 1. The third kappa shape index (κ3) is 2.17. The molecule has 1 saturated heterocycles. The number of Topliss-reactive ketones (excluding diaryl/α,β-unsaturated/α-hetero) is 2. The number of nitrogens with zero attached hydrogens (tertiary/aromatic N) is 1. The van der Waals surface area contributed by atoms with E-state index in [0.717, 1.165) is 0 Å². The van der Waals surface area contributed by atoms with Crippen molar-refractivity contribution in [3.05, 3.63) is 24.3 Å². The summed E-state index contributed by atoms with van der Waals surface area (Å²) in [7, 11) is 0. The number of carbonyl (C=O) groups is 2. The predicted octanol–water partition coefficient (Wildman–Crippen LogP) is -0.0981. The zero-order valence-corrected chi connectivity index (χ0v) is 11.0. The summed E-state index contributed by atoms with van der Waals surface area (Å²) in [6, 6.07) is 5.73. The highest BCUT2D eigenvalue weighted by molar-refractivity contribution is 6.32. The minimum atomic E-state index is -0.771. The normalized spacial score (nSPS) is 27.2. The Bertz CT molecular complexity index is 524. The van der Waals surface area contributed by atoms with Crippen molar-refractivity contribution in [3.8, 4) is 0 Å². The van der Waals surface area contributed by atoms with Gasteiger partial charge in [0.1, 0.15) is 12.1 Å². The maximum absolute atomic E-state index is 12.2. The Hall–Kier alpha value is -1.92. The fourth-order valence-corrected chi connectivity index (χ4v) is 2.62. The van der Waals surface area contributed by atoms with Gasteiger partial charge in [0.2, 0.25) is 0 Å². The standard InChI is InChI=1S/C14H17N3O3/c15-9-3-1-2-4-10(9)16-11-13(18)12(14(11)19)17-5-7-20-8-6-17/h1-4,11-12,16H,5-8,15H2. The van der Waals surface area contributed by atoms with E-state index in [9.17, 15) is 9.59 Å². The molecule has 0 spiro atoms. The van der Waals surface area contributed by atoms with E-state index in [0.29, 0.717) is 37.7 Å². The molecule has 20 heavy (non-hydrogen) atoms. The maximum atomic E-state index is 12.2. The third-order valence-corrected chi connectivity index (χ3v) is 3.78. The SMILES string of the molecule is Nc1ccccc1NC1C(=O)C(N2CCOCC2)C1=O. The summed E-state index contributed by atoms with van der Waals surface area (Å²) in [4.78, 5) is 26.3. The molecule has 1 saturated carbocycles. The highest BCUT2D eigenvalue weighted by atomic mass is 16.5. The van der Waals surface area contributed by atoms with E-state index in [1.165, 1.54) is 0 Å². The number of ether oxygens (including phenoxy) is 1. The summed E-state index contributed by atoms with van der Waals surface area (Å²) in [6.45, 7) is 2.40.